The van der Waals surface area contributed by atoms with E-state index in [0.717, 1.165) is 0 Å². The van der Waals surface area contributed by atoms with Crippen LogP contribution in [-0.2, 0) is 80.9 Å². The van der Waals surface area contributed by atoms with Crippen LogP contribution in [0.25, 0.3) is 0 Å². The zero-order valence-electron chi connectivity index (χ0n) is 76.6. The molecule has 0 spiro atoms. The number of hydrogen-bond donors (Lipinski definition) is 0. The van der Waals surface area contributed by atoms with Crippen LogP contribution in [-0.4, -0.2) is 491 Å². The smallest absolute Gasteiger partial charge is 0.485 e. The van der Waals surface area contributed by atoms with Gasteiger partial charge in [-0.15, -0.1) is 0 Å². The van der Waals surface area contributed by atoms with Crippen LogP contribution < -0.4 is 0 Å². The van der Waals surface area contributed by atoms with Gasteiger partial charge in [0.15, 0.2) is 80.9 Å². The van der Waals surface area contributed by atoms with Gasteiger partial charge in [0, 0.05) is 202 Å². The second-order valence-electron chi connectivity index (χ2n) is 21.9. The van der Waals surface area contributed by atoms with Crippen LogP contribution in [0.2, 0.25) is 0 Å². The van der Waals surface area contributed by atoms with Gasteiger partial charge in [-0.05, 0) is 230 Å². The van der Waals surface area contributed by atoms with Crippen LogP contribution in [0.3, 0.4) is 0 Å². The summed E-state index contributed by atoms with van der Waals surface area (Å²) in [7, 11) is -47.6. The third-order valence-electron chi connectivity index (χ3n) is 14.3. The molecule has 0 aromatic carbocycles. The molecule has 0 fully saturated rings. The molecule has 0 aromatic heterocycles. The maximum Gasteiger partial charge on any atom is 0.485 e. The first-order valence-electron chi connectivity index (χ1n) is 36.3. The van der Waals surface area contributed by atoms with Gasteiger partial charge in [-0.1, -0.05) is 0 Å². The van der Waals surface area contributed by atoms with Crippen LogP contribution in [0.4, 0.5) is 105 Å². The van der Waals surface area contributed by atoms with Gasteiger partial charge >= 0.3 is 44.1 Å². The number of nitriles is 1. The maximum atomic E-state index is 10.7. The molecule has 131 heavy (non-hydrogen) atoms. The van der Waals surface area contributed by atoms with Gasteiger partial charge in [0.25, 0.3) is 0 Å². The predicted molar refractivity (Wildman–Crippen MR) is 503 cm³/mol. The molecule has 0 heterocycles. The fourth-order valence-electron chi connectivity index (χ4n) is 6.00. The van der Waals surface area contributed by atoms with E-state index < -0.39 is 125 Å². The van der Waals surface area contributed by atoms with E-state index in [4.69, 9.17) is 109 Å². The van der Waals surface area contributed by atoms with Crippen LogP contribution >= 0.6 is 63.4 Å². The Balaban J connectivity index is -0.0000000395. The van der Waals surface area contributed by atoms with E-state index in [1.807, 2.05) is 0 Å². The summed E-state index contributed by atoms with van der Waals surface area (Å²) in [4.78, 5) is 0. The molecule has 0 unspecified atom stereocenters. The first-order chi connectivity index (χ1) is 54.2. The van der Waals surface area contributed by atoms with Crippen LogP contribution in [0.1, 0.15) is 173 Å². The molecule has 0 saturated carbocycles. The molecule has 0 N–H and O–H groups in total. The molecule has 0 aliphatic carbocycles. The molecule has 0 amide bonds. The van der Waals surface area contributed by atoms with Gasteiger partial charge < -0.3 is 36.4 Å². The summed E-state index contributed by atoms with van der Waals surface area (Å²) >= 11 is 0. The fraction of sp³-hybridized carbons (Fsp3) is 0.983. The summed E-state index contributed by atoms with van der Waals surface area (Å²) in [5.41, 5.74) is -45.2. The molecular weight excluding hydrogens is 3030 g/mol. The number of alkyl halides is 24. The van der Waals surface area contributed by atoms with E-state index >= 15 is 0 Å². The standard InChI is InChI=1S/8C6H15P.C2H3N.8CHF3O3S.8Sb/c8*1-4-7(5-2)6-3;1-2-3;8*2-1(3,4)8(5,6)7;;;;;;;;/h8*4-6H2,1-3H3;1H3;8*(H,5,6,7);;;;;;;;. The summed E-state index contributed by atoms with van der Waals surface area (Å²) < 4.78 is 471. The summed E-state index contributed by atoms with van der Waals surface area (Å²) in [6, 6.07) is 1.75. The molecule has 808 valence electrons. The predicted octanol–water partition coefficient (Wildman–Crippen LogP) is 16.0. The average Bonchev–Trinajstić information content (AvgIpc) is 0.920. The van der Waals surface area contributed by atoms with E-state index in [2.05, 4.69) is 166 Å². The van der Waals surface area contributed by atoms with Crippen LogP contribution in [0, 0.1) is 11.3 Å². The van der Waals surface area contributed by atoms with Gasteiger partial charge in [-0.2, -0.15) is 111 Å². The van der Waals surface area contributed by atoms with Crippen molar-refractivity contribution in [2.24, 2.45) is 0 Å². The van der Waals surface area contributed by atoms with Gasteiger partial charge in [-0.3, -0.25) is 0 Å². The third kappa shape index (κ3) is 155. The van der Waals surface area contributed by atoms with Crippen LogP contribution in [0.15, 0.2) is 0 Å². The Morgan fingerprint density at radius 1 is 0.168 bits per heavy atom. The SMILES string of the molecule is CC#N.CC[PH+](CC)CC.CC[PH+](CC)CC.CC[PH+](CC)CC.CC[PH+](CC)CC.CC[PH+](CC)CC.CC[PH+](CC)CC.CC[PH+](CC)CC.CC[PH+](CC)CC.O=S(=O)([O-])C(F)(F)F.O=S(=O)([O-])C(F)(F)F.O=S(=O)([O-])C(F)(F)F.O=S(=O)([O-])C(F)(F)F.O=S(=O)([O-])C(F)(F)F.O=S(=O)([O-])C(F)(F)F.O=S(=O)([O-])C(F)(F)F.O=S(=O)([O-])C(F)(F)F.[Sb].[Sb].[Sb].[Sb].[Sb].[Sb].[Sb].[Sb]. The molecule has 0 bridgehead atoms. The van der Waals surface area contributed by atoms with Crippen molar-refractivity contribution in [2.45, 2.75) is 217 Å². The second-order valence-corrected chi connectivity index (χ2v) is 61.8. The molecule has 24 radical (unpaired) electrons. The number of nitrogens with zero attached hydrogens (tertiary/aromatic N) is 1. The van der Waals surface area contributed by atoms with Crippen molar-refractivity contribution in [3.63, 3.8) is 0 Å². The van der Waals surface area contributed by atoms with E-state index in [1.165, 1.54) is 155 Å². The Morgan fingerprint density at radius 2 is 0.191 bits per heavy atom. The summed E-state index contributed by atoms with van der Waals surface area (Å²) in [5.74, 6) is 0. The van der Waals surface area contributed by atoms with Gasteiger partial charge in [-0.25, -0.2) is 67.3 Å². The summed E-state index contributed by atoms with van der Waals surface area (Å²) in [6.45, 7) is 56.8. The molecule has 73 heteroatoms. The van der Waals surface area contributed by atoms with E-state index in [1.54, 1.807) is 6.07 Å². The van der Waals surface area contributed by atoms with E-state index in [-0.39, 0.29) is 259 Å². The van der Waals surface area contributed by atoms with Crippen molar-refractivity contribution in [1.29, 1.82) is 5.26 Å². The quantitative estimate of drug-likeness (QED) is 0.0285. The Bertz CT molecular complexity index is 2730. The first-order valence-corrected chi connectivity index (χ1v) is 64.6. The summed E-state index contributed by atoms with van der Waals surface area (Å²) in [6.07, 6.45) is 34.9. The van der Waals surface area contributed by atoms with Crippen molar-refractivity contribution >= 4 is 340 Å². The van der Waals surface area contributed by atoms with Crippen molar-refractivity contribution in [2.75, 3.05) is 148 Å². The third-order valence-corrected chi connectivity index (χ3v) is 42.8. The van der Waals surface area contributed by atoms with Crippen molar-refractivity contribution in [3.8, 4) is 6.07 Å². The molecule has 0 atom stereocenters. The zero-order valence-corrected chi connectivity index (χ0v) is 112. The molecule has 0 rings (SSSR count). The number of hydrogen-bond acceptors (Lipinski definition) is 25. The van der Waals surface area contributed by atoms with E-state index in [0.29, 0.717) is 0 Å². The second kappa shape index (κ2) is 110. The Hall–Kier alpha value is 7.08. The largest absolute Gasteiger partial charge is 0.741 e. The van der Waals surface area contributed by atoms with Gasteiger partial charge in [0.1, 0.15) is 0 Å². The van der Waals surface area contributed by atoms with Crippen molar-refractivity contribution in [1.82, 2.24) is 0 Å². The minimum atomic E-state index is -6.09. The molecule has 25 nitrogen and oxygen atoms in total. The summed E-state index contributed by atoms with van der Waals surface area (Å²) in [5, 5.41) is 7.32. The Labute approximate surface area is 914 Å². The van der Waals surface area contributed by atoms with Crippen molar-refractivity contribution in [3.05, 3.63) is 0 Å². The average molecular weight is 3160 g/mol. The van der Waals surface area contributed by atoms with Gasteiger partial charge in [0.2, 0.25) is 0 Å². The monoisotopic (exact) mass is 3150 g/mol. The minimum Gasteiger partial charge on any atom is -0.741 e. The Morgan fingerprint density at radius 3 is 0.191 bits per heavy atom. The molecule has 0 saturated heterocycles. The van der Waals surface area contributed by atoms with Crippen LogP contribution in [0.5, 0.6) is 0 Å². The minimum absolute atomic E-state index is 0. The first kappa shape index (κ1) is 203. The maximum absolute atomic E-state index is 10.7. The zero-order chi connectivity index (χ0) is 104. The molecule has 0 aromatic rings. The molecular formula is C58H131F24NO24P8S8Sb8. The van der Waals surface area contributed by atoms with Gasteiger partial charge in [0.05, 0.1) is 154 Å². The topological polar surface area (TPSA) is 481 Å². The molecule has 0 aliphatic heterocycles. The normalized spacial score (nSPS) is 11.3. The number of halogens is 24. The van der Waals surface area contributed by atoms with Crippen molar-refractivity contribution < 1.29 is 209 Å². The van der Waals surface area contributed by atoms with E-state index in [9.17, 15) is 105 Å². The molecule has 0 aliphatic rings. The number of rotatable bonds is 24. The fourth-order valence-corrected chi connectivity index (χ4v) is 18.0. The Kier molecular flexibility index (Phi) is 170.